The molecule has 1 aromatic heterocycles. The van der Waals surface area contributed by atoms with Crippen LogP contribution < -0.4 is 5.56 Å². The lowest BCUT2D eigenvalue weighted by atomic mass is 9.91. The van der Waals surface area contributed by atoms with Gasteiger partial charge in [-0.15, -0.1) is 0 Å². The number of Topliss-reactive ketones (excluding diaryl/α,β-unsaturated/α-hetero) is 2. The number of aliphatic hydroxyl groups is 1. The van der Waals surface area contributed by atoms with E-state index in [0.29, 0.717) is 12.2 Å². The van der Waals surface area contributed by atoms with Crippen molar-refractivity contribution in [3.8, 4) is 11.4 Å². The second-order valence-corrected chi connectivity index (χ2v) is 8.53. The molecule has 1 fully saturated rings. The van der Waals surface area contributed by atoms with Crippen LogP contribution in [0.1, 0.15) is 48.5 Å². The average Bonchev–Trinajstić information content (AvgIpc) is 2.74. The number of aromatic nitrogens is 2. The number of thioether (sulfide) groups is 1. The van der Waals surface area contributed by atoms with E-state index in [4.69, 9.17) is 0 Å². The third-order valence-electron chi connectivity index (χ3n) is 5.44. The number of carbonyl (C=O) groups excluding carboxylic acids is 2. The molecule has 0 bridgehead atoms. The summed E-state index contributed by atoms with van der Waals surface area (Å²) in [6.45, 7) is 0. The third kappa shape index (κ3) is 3.79. The van der Waals surface area contributed by atoms with Crippen molar-refractivity contribution in [1.29, 1.82) is 0 Å². The maximum absolute atomic E-state index is 13.4. The number of aliphatic hydroxyl groups excluding tert-OH is 1. The fraction of sp³-hybridized carbons (Fsp3) is 0.364. The minimum Gasteiger partial charge on any atom is -0.511 e. The molecule has 1 saturated heterocycles. The van der Waals surface area contributed by atoms with Crippen molar-refractivity contribution in [2.45, 2.75) is 38.1 Å². The molecular formula is C22H22N2O4S. The Bertz CT molecular complexity index is 1040. The lowest BCUT2D eigenvalue weighted by Gasteiger charge is -2.26. The van der Waals surface area contributed by atoms with E-state index < -0.39 is 17.1 Å². The van der Waals surface area contributed by atoms with E-state index in [9.17, 15) is 19.5 Å². The second kappa shape index (κ2) is 8.37. The Labute approximate surface area is 172 Å². The van der Waals surface area contributed by atoms with Gasteiger partial charge in [0.1, 0.15) is 22.7 Å². The summed E-state index contributed by atoms with van der Waals surface area (Å²) in [4.78, 5) is 43.2. The van der Waals surface area contributed by atoms with Gasteiger partial charge in [0.15, 0.2) is 5.78 Å². The van der Waals surface area contributed by atoms with E-state index in [-0.39, 0.29) is 35.8 Å². The van der Waals surface area contributed by atoms with Gasteiger partial charge in [-0.1, -0.05) is 30.3 Å². The first-order valence-corrected chi connectivity index (χ1v) is 11.0. The second-order valence-electron chi connectivity index (χ2n) is 7.31. The highest BCUT2D eigenvalue weighted by atomic mass is 32.2. The first kappa shape index (κ1) is 19.6. The van der Waals surface area contributed by atoms with E-state index >= 15 is 0 Å². The molecule has 29 heavy (non-hydrogen) atoms. The number of allylic oxidation sites excluding steroid dienone is 2. The van der Waals surface area contributed by atoms with Crippen LogP contribution >= 0.6 is 11.8 Å². The number of hydrogen-bond donors (Lipinski definition) is 1. The molecule has 0 amide bonds. The zero-order valence-electron chi connectivity index (χ0n) is 16.0. The molecule has 0 radical (unpaired) electrons. The van der Waals surface area contributed by atoms with E-state index in [0.717, 1.165) is 29.9 Å². The van der Waals surface area contributed by atoms with Crippen LogP contribution in [-0.4, -0.2) is 37.7 Å². The lowest BCUT2D eigenvalue weighted by Crippen LogP contribution is -2.34. The highest BCUT2D eigenvalue weighted by Crippen LogP contribution is 2.30. The summed E-state index contributed by atoms with van der Waals surface area (Å²) in [5.41, 5.74) is -0.0508. The number of benzene rings is 1. The van der Waals surface area contributed by atoms with Crippen LogP contribution in [0.5, 0.6) is 0 Å². The smallest absolute Gasteiger partial charge is 0.265 e. The molecule has 2 aliphatic rings. The first-order chi connectivity index (χ1) is 14.1. The molecule has 1 aliphatic carbocycles. The monoisotopic (exact) mass is 410 g/mol. The van der Waals surface area contributed by atoms with Gasteiger partial charge in [-0.25, -0.2) is 4.98 Å². The van der Waals surface area contributed by atoms with Crippen molar-refractivity contribution in [3.63, 3.8) is 0 Å². The topological polar surface area (TPSA) is 89.3 Å². The van der Waals surface area contributed by atoms with E-state index in [1.54, 1.807) is 4.57 Å². The molecule has 0 spiro atoms. The highest BCUT2D eigenvalue weighted by molar-refractivity contribution is 7.99. The van der Waals surface area contributed by atoms with Crippen LogP contribution in [0.4, 0.5) is 0 Å². The number of rotatable bonds is 4. The van der Waals surface area contributed by atoms with E-state index in [2.05, 4.69) is 4.98 Å². The minimum atomic E-state index is -0.719. The molecule has 1 aliphatic heterocycles. The molecule has 0 unspecified atom stereocenters. The Kier molecular flexibility index (Phi) is 5.67. The molecule has 1 aromatic carbocycles. The van der Waals surface area contributed by atoms with Gasteiger partial charge in [0.2, 0.25) is 5.78 Å². The summed E-state index contributed by atoms with van der Waals surface area (Å²) in [6, 6.07) is 9.37. The molecule has 7 heteroatoms. The third-order valence-corrected chi connectivity index (χ3v) is 6.49. The van der Waals surface area contributed by atoms with Crippen LogP contribution in [0, 0.1) is 0 Å². The van der Waals surface area contributed by atoms with E-state index in [1.807, 2.05) is 42.1 Å². The molecule has 1 N–H and O–H groups in total. The van der Waals surface area contributed by atoms with Crippen molar-refractivity contribution in [2.24, 2.45) is 0 Å². The van der Waals surface area contributed by atoms with Crippen molar-refractivity contribution in [1.82, 2.24) is 9.55 Å². The maximum Gasteiger partial charge on any atom is 0.265 e. The molecule has 4 rings (SSSR count). The van der Waals surface area contributed by atoms with Crippen molar-refractivity contribution >= 4 is 23.3 Å². The Hall–Kier alpha value is -2.67. The average molecular weight is 410 g/mol. The number of nitrogens with zero attached hydrogens (tertiary/aromatic N) is 2. The van der Waals surface area contributed by atoms with Gasteiger partial charge in [-0.3, -0.25) is 19.0 Å². The summed E-state index contributed by atoms with van der Waals surface area (Å²) in [6.07, 6.45) is 3.87. The highest BCUT2D eigenvalue weighted by Gasteiger charge is 2.31. The Morgan fingerprint density at radius 2 is 1.83 bits per heavy atom. The van der Waals surface area contributed by atoms with Gasteiger partial charge >= 0.3 is 0 Å². The van der Waals surface area contributed by atoms with E-state index in [1.165, 1.54) is 6.20 Å². The van der Waals surface area contributed by atoms with Gasteiger partial charge in [0.25, 0.3) is 5.56 Å². The van der Waals surface area contributed by atoms with Gasteiger partial charge in [0, 0.05) is 30.6 Å². The van der Waals surface area contributed by atoms with Gasteiger partial charge in [-0.05, 0) is 30.8 Å². The zero-order chi connectivity index (χ0) is 20.4. The van der Waals surface area contributed by atoms with Crippen LogP contribution in [0.3, 0.4) is 0 Å². The summed E-state index contributed by atoms with van der Waals surface area (Å²) < 4.78 is 1.62. The predicted octanol–water partition coefficient (Wildman–Crippen LogP) is 3.73. The summed E-state index contributed by atoms with van der Waals surface area (Å²) in [7, 11) is 0. The summed E-state index contributed by atoms with van der Waals surface area (Å²) in [5.74, 6) is 1.05. The Balaban J connectivity index is 1.86. The van der Waals surface area contributed by atoms with Crippen LogP contribution in [-0.2, 0) is 4.79 Å². The number of ketones is 2. The number of carbonyl (C=O) groups is 2. The molecular weight excluding hydrogens is 388 g/mol. The summed E-state index contributed by atoms with van der Waals surface area (Å²) in [5, 5.41) is 10.1. The van der Waals surface area contributed by atoms with Gasteiger partial charge in [0.05, 0.1) is 0 Å². The molecule has 2 aromatic rings. The lowest BCUT2D eigenvalue weighted by molar-refractivity contribution is -0.116. The molecule has 150 valence electrons. The van der Waals surface area contributed by atoms with Crippen LogP contribution in [0.25, 0.3) is 11.4 Å². The fourth-order valence-electron chi connectivity index (χ4n) is 3.93. The van der Waals surface area contributed by atoms with Crippen molar-refractivity contribution < 1.29 is 14.7 Å². The molecule has 2 heterocycles. The van der Waals surface area contributed by atoms with Crippen LogP contribution in [0.15, 0.2) is 52.7 Å². The number of hydrogen-bond acceptors (Lipinski definition) is 6. The maximum atomic E-state index is 13.4. The fourth-order valence-corrected chi connectivity index (χ4v) is 5.01. The standard InChI is InChI=1S/C22H22N2O4S/c25-17-7-4-8-18(26)19(17)20(27)16-13-23-21(14-5-2-1-3-6-14)24(22(16)28)15-9-11-29-12-10-15/h1-3,5-6,13,15,25H,4,7-12H2. The molecule has 0 saturated carbocycles. The van der Waals surface area contributed by atoms with Crippen molar-refractivity contribution in [3.05, 3.63) is 63.8 Å². The SMILES string of the molecule is O=C1CCCC(O)=C1C(=O)c1cnc(-c2ccccc2)n(C2CCSCC2)c1=O. The van der Waals surface area contributed by atoms with Crippen molar-refractivity contribution in [2.75, 3.05) is 11.5 Å². The molecule has 0 atom stereocenters. The minimum absolute atomic E-state index is 0.0520. The Morgan fingerprint density at radius 1 is 1.10 bits per heavy atom. The zero-order valence-corrected chi connectivity index (χ0v) is 16.8. The summed E-state index contributed by atoms with van der Waals surface area (Å²) >= 11 is 1.85. The normalized spacial score (nSPS) is 18.1. The van der Waals surface area contributed by atoms with Crippen LogP contribution in [0.2, 0.25) is 0 Å². The van der Waals surface area contributed by atoms with Gasteiger partial charge < -0.3 is 5.11 Å². The first-order valence-electron chi connectivity index (χ1n) is 9.82. The molecule has 6 nitrogen and oxygen atoms in total. The Morgan fingerprint density at radius 3 is 2.52 bits per heavy atom. The quantitative estimate of drug-likeness (QED) is 0.610. The largest absolute Gasteiger partial charge is 0.511 e. The predicted molar refractivity (Wildman–Crippen MR) is 112 cm³/mol. The van der Waals surface area contributed by atoms with Gasteiger partial charge in [-0.2, -0.15) is 11.8 Å².